The Kier molecular flexibility index (Phi) is 3.15. The van der Waals surface area contributed by atoms with Crippen LogP contribution in [0.5, 0.6) is 0 Å². The highest BCUT2D eigenvalue weighted by molar-refractivity contribution is 9.10. The monoisotopic (exact) mass is 314 g/mol. The summed E-state index contributed by atoms with van der Waals surface area (Å²) in [6, 6.07) is 12.9. The minimum Gasteiger partial charge on any atom is -0.260 e. The van der Waals surface area contributed by atoms with Gasteiger partial charge in [-0.25, -0.2) is 0 Å². The van der Waals surface area contributed by atoms with E-state index in [1.54, 1.807) is 0 Å². The molecule has 1 aromatic heterocycles. The summed E-state index contributed by atoms with van der Waals surface area (Å²) in [5.74, 6) is 0. The molecule has 0 radical (unpaired) electrons. The topological polar surface area (TPSA) is 17.8 Å². The highest BCUT2D eigenvalue weighted by atomic mass is 79.9. The molecule has 0 fully saturated rings. The zero-order valence-electron chi connectivity index (χ0n) is 11.0. The minimum atomic E-state index is 0.805. The first kappa shape index (κ1) is 12.4. The summed E-state index contributed by atoms with van der Waals surface area (Å²) >= 11 is 3.59. The van der Waals surface area contributed by atoms with E-state index in [1.165, 1.54) is 22.1 Å². The van der Waals surface area contributed by atoms with Crippen molar-refractivity contribution in [1.29, 1.82) is 0 Å². The van der Waals surface area contributed by atoms with Crippen molar-refractivity contribution in [3.63, 3.8) is 0 Å². The van der Waals surface area contributed by atoms with Crippen molar-refractivity contribution in [2.45, 2.75) is 20.4 Å². The Morgan fingerprint density at radius 3 is 2.58 bits per heavy atom. The standard InChI is InChI=1S/C16H15BrN2/c1-11-3-5-13(6-4-11)10-19-16-8-15(17)12(2)7-14(16)9-18-19/h3-9H,10H2,1-2H3. The van der Waals surface area contributed by atoms with Gasteiger partial charge >= 0.3 is 0 Å². The highest BCUT2D eigenvalue weighted by Crippen LogP contribution is 2.24. The molecule has 2 nitrogen and oxygen atoms in total. The van der Waals surface area contributed by atoms with Crippen molar-refractivity contribution < 1.29 is 0 Å². The van der Waals surface area contributed by atoms with E-state index in [2.05, 4.69) is 71.3 Å². The number of benzene rings is 2. The fraction of sp³-hybridized carbons (Fsp3) is 0.188. The lowest BCUT2D eigenvalue weighted by atomic mass is 10.1. The van der Waals surface area contributed by atoms with Crippen LogP contribution in [0.1, 0.15) is 16.7 Å². The second kappa shape index (κ2) is 4.82. The maximum absolute atomic E-state index is 4.49. The molecule has 0 unspecified atom stereocenters. The zero-order valence-corrected chi connectivity index (χ0v) is 12.6. The van der Waals surface area contributed by atoms with Crippen molar-refractivity contribution in [1.82, 2.24) is 9.78 Å². The summed E-state index contributed by atoms with van der Waals surface area (Å²) in [5.41, 5.74) is 4.96. The Morgan fingerprint density at radius 2 is 1.84 bits per heavy atom. The summed E-state index contributed by atoms with van der Waals surface area (Å²) < 4.78 is 3.18. The Hall–Kier alpha value is -1.61. The molecule has 3 rings (SSSR count). The van der Waals surface area contributed by atoms with Gasteiger partial charge in [0.05, 0.1) is 18.3 Å². The second-order valence-corrected chi connectivity index (χ2v) is 5.80. The van der Waals surface area contributed by atoms with Crippen molar-refractivity contribution in [3.05, 3.63) is 63.8 Å². The van der Waals surface area contributed by atoms with Crippen molar-refractivity contribution >= 4 is 26.8 Å². The number of hydrogen-bond acceptors (Lipinski definition) is 1. The molecule has 3 heteroatoms. The number of halogens is 1. The first-order valence-electron chi connectivity index (χ1n) is 6.31. The summed E-state index contributed by atoms with van der Waals surface area (Å²) in [6.07, 6.45) is 1.93. The van der Waals surface area contributed by atoms with Gasteiger partial charge in [-0.2, -0.15) is 5.10 Å². The number of aryl methyl sites for hydroxylation is 2. The van der Waals surface area contributed by atoms with Gasteiger partial charge in [-0.05, 0) is 37.1 Å². The Morgan fingerprint density at radius 1 is 1.11 bits per heavy atom. The Balaban J connectivity index is 2.01. The average molecular weight is 315 g/mol. The summed E-state index contributed by atoms with van der Waals surface area (Å²) in [6.45, 7) is 5.01. The molecular formula is C16H15BrN2. The fourth-order valence-corrected chi connectivity index (χ4v) is 2.54. The molecule has 0 atom stereocenters. The first-order chi connectivity index (χ1) is 9.13. The number of rotatable bonds is 2. The average Bonchev–Trinajstić information content (AvgIpc) is 2.76. The number of hydrogen-bond donors (Lipinski definition) is 0. The fourth-order valence-electron chi connectivity index (χ4n) is 2.21. The Labute approximate surface area is 121 Å². The quantitative estimate of drug-likeness (QED) is 0.682. The molecule has 96 valence electrons. The smallest absolute Gasteiger partial charge is 0.0697 e. The second-order valence-electron chi connectivity index (χ2n) is 4.95. The molecular weight excluding hydrogens is 300 g/mol. The molecule has 0 aliphatic heterocycles. The number of nitrogens with zero attached hydrogens (tertiary/aromatic N) is 2. The highest BCUT2D eigenvalue weighted by Gasteiger charge is 2.06. The van der Waals surface area contributed by atoms with Crippen LogP contribution in [0.2, 0.25) is 0 Å². The van der Waals surface area contributed by atoms with Gasteiger partial charge in [0.1, 0.15) is 0 Å². The summed E-state index contributed by atoms with van der Waals surface area (Å²) in [4.78, 5) is 0. The predicted octanol–water partition coefficient (Wildman–Crippen LogP) is 4.46. The molecule has 0 aliphatic carbocycles. The van der Waals surface area contributed by atoms with Gasteiger partial charge in [0.25, 0.3) is 0 Å². The van der Waals surface area contributed by atoms with E-state index in [0.717, 1.165) is 16.5 Å². The molecule has 1 heterocycles. The van der Waals surface area contributed by atoms with Crippen molar-refractivity contribution in [2.75, 3.05) is 0 Å². The van der Waals surface area contributed by atoms with Gasteiger partial charge < -0.3 is 0 Å². The minimum absolute atomic E-state index is 0.805. The van der Waals surface area contributed by atoms with Crippen LogP contribution in [-0.4, -0.2) is 9.78 Å². The van der Waals surface area contributed by atoms with Crippen LogP contribution in [0.4, 0.5) is 0 Å². The lowest BCUT2D eigenvalue weighted by Gasteiger charge is -2.06. The summed E-state index contributed by atoms with van der Waals surface area (Å²) in [5, 5.41) is 5.68. The van der Waals surface area contributed by atoms with Crippen LogP contribution in [-0.2, 0) is 6.54 Å². The SMILES string of the molecule is Cc1ccc(Cn2ncc3cc(C)c(Br)cc32)cc1. The van der Waals surface area contributed by atoms with Crippen LogP contribution in [0.15, 0.2) is 47.1 Å². The van der Waals surface area contributed by atoms with E-state index < -0.39 is 0 Å². The van der Waals surface area contributed by atoms with E-state index in [-0.39, 0.29) is 0 Å². The van der Waals surface area contributed by atoms with E-state index in [1.807, 2.05) is 10.9 Å². The van der Waals surface area contributed by atoms with Gasteiger partial charge in [0.2, 0.25) is 0 Å². The van der Waals surface area contributed by atoms with Crippen LogP contribution in [0.25, 0.3) is 10.9 Å². The molecule has 3 aromatic rings. The molecule has 0 saturated heterocycles. The maximum atomic E-state index is 4.49. The van der Waals surface area contributed by atoms with E-state index in [9.17, 15) is 0 Å². The summed E-state index contributed by atoms with van der Waals surface area (Å²) in [7, 11) is 0. The van der Waals surface area contributed by atoms with Gasteiger partial charge in [-0.15, -0.1) is 0 Å². The molecule has 2 aromatic carbocycles. The molecule has 0 aliphatic rings. The van der Waals surface area contributed by atoms with Gasteiger partial charge in [0, 0.05) is 9.86 Å². The van der Waals surface area contributed by atoms with E-state index in [4.69, 9.17) is 0 Å². The van der Waals surface area contributed by atoms with Crippen molar-refractivity contribution in [3.8, 4) is 0 Å². The van der Waals surface area contributed by atoms with Gasteiger partial charge in [-0.3, -0.25) is 4.68 Å². The van der Waals surface area contributed by atoms with Crippen LogP contribution >= 0.6 is 15.9 Å². The van der Waals surface area contributed by atoms with Crippen LogP contribution in [0.3, 0.4) is 0 Å². The van der Waals surface area contributed by atoms with Crippen LogP contribution in [0, 0.1) is 13.8 Å². The molecule has 0 saturated carbocycles. The molecule has 19 heavy (non-hydrogen) atoms. The molecule has 0 N–H and O–H groups in total. The van der Waals surface area contributed by atoms with Gasteiger partial charge in [0.15, 0.2) is 0 Å². The predicted molar refractivity (Wildman–Crippen MR) is 82.5 cm³/mol. The lowest BCUT2D eigenvalue weighted by molar-refractivity contribution is 0.712. The lowest BCUT2D eigenvalue weighted by Crippen LogP contribution is -2.01. The maximum Gasteiger partial charge on any atom is 0.0697 e. The van der Waals surface area contributed by atoms with Gasteiger partial charge in [-0.1, -0.05) is 45.8 Å². The number of fused-ring (bicyclic) bond motifs is 1. The normalized spacial score (nSPS) is 11.1. The third-order valence-corrected chi connectivity index (χ3v) is 4.23. The van der Waals surface area contributed by atoms with E-state index in [0.29, 0.717) is 0 Å². The third kappa shape index (κ3) is 2.43. The molecule has 0 bridgehead atoms. The number of aromatic nitrogens is 2. The largest absolute Gasteiger partial charge is 0.260 e. The zero-order chi connectivity index (χ0) is 13.4. The molecule has 0 spiro atoms. The van der Waals surface area contributed by atoms with E-state index >= 15 is 0 Å². The molecule has 0 amide bonds. The van der Waals surface area contributed by atoms with Crippen LogP contribution < -0.4 is 0 Å². The third-order valence-electron chi connectivity index (χ3n) is 3.38. The Bertz CT molecular complexity index is 726. The van der Waals surface area contributed by atoms with Crippen molar-refractivity contribution in [2.24, 2.45) is 0 Å². The first-order valence-corrected chi connectivity index (χ1v) is 7.10.